The van der Waals surface area contributed by atoms with Gasteiger partial charge >= 0.3 is 5.97 Å². The number of aliphatic hydroxyl groups excluding tert-OH is 1. The van der Waals surface area contributed by atoms with Crippen molar-refractivity contribution in [2.45, 2.75) is 6.10 Å². The lowest BCUT2D eigenvalue weighted by atomic mass is 10.1. The fourth-order valence-corrected chi connectivity index (χ4v) is 1.61. The Hall–Kier alpha value is -2.28. The molecule has 0 amide bonds. The van der Waals surface area contributed by atoms with Crippen LogP contribution in [-0.4, -0.2) is 18.2 Å². The van der Waals surface area contributed by atoms with E-state index in [0.29, 0.717) is 12.1 Å². The number of rotatable bonds is 3. The van der Waals surface area contributed by atoms with Gasteiger partial charge in [0.15, 0.2) is 17.5 Å². The largest absolute Gasteiger partial charge is 0.463 e. The highest BCUT2D eigenvalue weighted by atomic mass is 19.2. The fourth-order valence-electron chi connectivity index (χ4n) is 1.61. The maximum absolute atomic E-state index is 13.1. The molecule has 1 heterocycles. The maximum Gasteiger partial charge on any atom is 0.373 e. The zero-order valence-corrected chi connectivity index (χ0v) is 10.2. The number of hydrogen-bond acceptors (Lipinski definition) is 4. The van der Waals surface area contributed by atoms with Crippen molar-refractivity contribution in [3.63, 3.8) is 0 Å². The van der Waals surface area contributed by atoms with E-state index in [1.54, 1.807) is 0 Å². The molecule has 0 aliphatic heterocycles. The van der Waals surface area contributed by atoms with Gasteiger partial charge in [-0.05, 0) is 29.8 Å². The van der Waals surface area contributed by atoms with Crippen molar-refractivity contribution < 1.29 is 32.2 Å². The van der Waals surface area contributed by atoms with E-state index in [2.05, 4.69) is 4.74 Å². The van der Waals surface area contributed by atoms with Crippen LogP contribution in [0.15, 0.2) is 28.7 Å². The van der Waals surface area contributed by atoms with Crippen LogP contribution in [0.25, 0.3) is 0 Å². The first-order chi connectivity index (χ1) is 9.43. The smallest absolute Gasteiger partial charge is 0.373 e. The first kappa shape index (κ1) is 14.1. The molecule has 2 aromatic rings. The zero-order valence-electron chi connectivity index (χ0n) is 10.2. The number of aliphatic hydroxyl groups is 1. The third-order valence-electron chi connectivity index (χ3n) is 2.60. The molecule has 1 atom stereocenters. The molecule has 0 radical (unpaired) electrons. The summed E-state index contributed by atoms with van der Waals surface area (Å²) in [5, 5.41) is 9.90. The molecule has 0 spiro atoms. The molecule has 1 N–H and O–H groups in total. The molecule has 0 aliphatic carbocycles. The molecular weight excluding hydrogens is 277 g/mol. The summed E-state index contributed by atoms with van der Waals surface area (Å²) in [7, 11) is 1.14. The summed E-state index contributed by atoms with van der Waals surface area (Å²) in [4.78, 5) is 11.2. The van der Waals surface area contributed by atoms with Gasteiger partial charge in [-0.1, -0.05) is 0 Å². The zero-order chi connectivity index (χ0) is 14.9. The maximum atomic E-state index is 13.1. The van der Waals surface area contributed by atoms with Gasteiger partial charge in [-0.3, -0.25) is 0 Å². The minimum absolute atomic E-state index is 0.129. The molecular formula is C13H9F3O4. The number of ether oxygens (including phenoxy) is 1. The van der Waals surface area contributed by atoms with Crippen LogP contribution >= 0.6 is 0 Å². The second-order valence-electron chi connectivity index (χ2n) is 3.89. The summed E-state index contributed by atoms with van der Waals surface area (Å²) in [6.45, 7) is 0. The van der Waals surface area contributed by atoms with E-state index in [1.165, 1.54) is 12.1 Å². The second-order valence-corrected chi connectivity index (χ2v) is 3.89. The van der Waals surface area contributed by atoms with E-state index in [9.17, 15) is 23.1 Å². The molecule has 20 heavy (non-hydrogen) atoms. The standard InChI is InChI=1S/C13H9F3O4/c1-19-13(18)10-3-2-9(20-10)12(17)6-4-7(14)11(16)8(15)5-6/h2-5,12,17H,1H3. The molecule has 1 unspecified atom stereocenters. The van der Waals surface area contributed by atoms with Gasteiger partial charge in [-0.15, -0.1) is 0 Å². The third kappa shape index (κ3) is 2.53. The van der Waals surface area contributed by atoms with Crippen LogP contribution in [0.3, 0.4) is 0 Å². The van der Waals surface area contributed by atoms with Gasteiger partial charge in [-0.2, -0.15) is 0 Å². The Morgan fingerprint density at radius 1 is 1.25 bits per heavy atom. The number of benzene rings is 1. The van der Waals surface area contributed by atoms with Gasteiger partial charge in [-0.25, -0.2) is 18.0 Å². The van der Waals surface area contributed by atoms with Crippen molar-refractivity contribution >= 4 is 5.97 Å². The lowest BCUT2D eigenvalue weighted by Gasteiger charge is -2.09. The van der Waals surface area contributed by atoms with E-state index in [-0.39, 0.29) is 17.1 Å². The molecule has 1 aromatic carbocycles. The van der Waals surface area contributed by atoms with Crippen molar-refractivity contribution in [3.8, 4) is 0 Å². The van der Waals surface area contributed by atoms with Crippen molar-refractivity contribution in [1.29, 1.82) is 0 Å². The predicted octanol–water partition coefficient (Wildman–Crippen LogP) is 2.57. The van der Waals surface area contributed by atoms with Crippen LogP contribution in [0.1, 0.15) is 28.0 Å². The van der Waals surface area contributed by atoms with Gasteiger partial charge in [0.25, 0.3) is 0 Å². The molecule has 106 valence electrons. The Bertz CT molecular complexity index is 628. The summed E-state index contributed by atoms with van der Waals surface area (Å²) in [5.74, 6) is -5.56. The summed E-state index contributed by atoms with van der Waals surface area (Å²) >= 11 is 0. The Kier molecular flexibility index (Phi) is 3.80. The Morgan fingerprint density at radius 3 is 2.40 bits per heavy atom. The first-order valence-electron chi connectivity index (χ1n) is 5.44. The second kappa shape index (κ2) is 5.38. The van der Waals surface area contributed by atoms with Gasteiger partial charge < -0.3 is 14.3 Å². The third-order valence-corrected chi connectivity index (χ3v) is 2.60. The highest BCUT2D eigenvalue weighted by Crippen LogP contribution is 2.26. The van der Waals surface area contributed by atoms with Gasteiger partial charge in [0.05, 0.1) is 7.11 Å². The summed E-state index contributed by atoms with van der Waals surface area (Å²) in [6.07, 6.45) is -1.54. The van der Waals surface area contributed by atoms with Crippen molar-refractivity contribution in [3.05, 3.63) is 58.8 Å². The Morgan fingerprint density at radius 2 is 1.85 bits per heavy atom. The highest BCUT2D eigenvalue weighted by molar-refractivity contribution is 5.86. The highest BCUT2D eigenvalue weighted by Gasteiger charge is 2.21. The number of carbonyl (C=O) groups excluding carboxylic acids is 1. The van der Waals surface area contributed by atoms with Crippen LogP contribution in [0, 0.1) is 17.5 Å². The molecule has 0 aliphatic rings. The minimum atomic E-state index is -1.63. The van der Waals surface area contributed by atoms with Crippen LogP contribution in [0.5, 0.6) is 0 Å². The molecule has 4 nitrogen and oxygen atoms in total. The lowest BCUT2D eigenvalue weighted by Crippen LogP contribution is -2.03. The summed E-state index contributed by atoms with van der Waals surface area (Å²) < 4.78 is 48.4. The van der Waals surface area contributed by atoms with E-state index in [4.69, 9.17) is 4.42 Å². The number of halogens is 3. The quantitative estimate of drug-likeness (QED) is 0.696. The molecule has 2 rings (SSSR count). The topological polar surface area (TPSA) is 59.7 Å². The monoisotopic (exact) mass is 286 g/mol. The van der Waals surface area contributed by atoms with Crippen LogP contribution < -0.4 is 0 Å². The number of furan rings is 1. The van der Waals surface area contributed by atoms with Crippen molar-refractivity contribution in [2.75, 3.05) is 7.11 Å². The van der Waals surface area contributed by atoms with Crippen molar-refractivity contribution in [2.24, 2.45) is 0 Å². The van der Waals surface area contributed by atoms with Gasteiger partial charge in [0.1, 0.15) is 11.9 Å². The van der Waals surface area contributed by atoms with E-state index in [0.717, 1.165) is 7.11 Å². The Balaban J connectivity index is 2.34. The first-order valence-corrected chi connectivity index (χ1v) is 5.44. The van der Waals surface area contributed by atoms with Gasteiger partial charge in [0, 0.05) is 0 Å². The van der Waals surface area contributed by atoms with E-state index < -0.39 is 29.5 Å². The predicted molar refractivity (Wildman–Crippen MR) is 60.4 cm³/mol. The molecule has 0 bridgehead atoms. The number of hydrogen-bond donors (Lipinski definition) is 1. The van der Waals surface area contributed by atoms with Crippen LogP contribution in [-0.2, 0) is 4.74 Å². The molecule has 1 aromatic heterocycles. The average molecular weight is 286 g/mol. The Labute approximate surface area is 111 Å². The molecule has 0 saturated carbocycles. The summed E-state index contributed by atoms with van der Waals surface area (Å²) in [5.41, 5.74) is -0.243. The van der Waals surface area contributed by atoms with Crippen molar-refractivity contribution in [1.82, 2.24) is 0 Å². The van der Waals surface area contributed by atoms with E-state index >= 15 is 0 Å². The summed E-state index contributed by atoms with van der Waals surface area (Å²) in [6, 6.07) is 3.77. The number of carbonyl (C=O) groups is 1. The number of esters is 1. The lowest BCUT2D eigenvalue weighted by molar-refractivity contribution is 0.0558. The molecule has 7 heteroatoms. The van der Waals surface area contributed by atoms with Crippen LogP contribution in [0.4, 0.5) is 13.2 Å². The fraction of sp³-hybridized carbons (Fsp3) is 0.154. The SMILES string of the molecule is COC(=O)c1ccc(C(O)c2cc(F)c(F)c(F)c2)o1. The number of methoxy groups -OCH3 is 1. The molecule has 0 saturated heterocycles. The average Bonchev–Trinajstić information content (AvgIpc) is 2.92. The molecule has 0 fully saturated rings. The minimum Gasteiger partial charge on any atom is -0.463 e. The normalized spacial score (nSPS) is 12.2. The van der Waals surface area contributed by atoms with E-state index in [1.807, 2.05) is 0 Å². The van der Waals surface area contributed by atoms with Crippen LogP contribution in [0.2, 0.25) is 0 Å². The van der Waals surface area contributed by atoms with Gasteiger partial charge in [0.2, 0.25) is 5.76 Å².